The zero-order valence-corrected chi connectivity index (χ0v) is 17.7. The Morgan fingerprint density at radius 2 is 1.97 bits per heavy atom. The van der Waals surface area contributed by atoms with Gasteiger partial charge in [0.2, 0.25) is 17.7 Å². The summed E-state index contributed by atoms with van der Waals surface area (Å²) in [6.07, 6.45) is -2.58. The average molecular weight is 462 g/mol. The molecule has 8 nitrogen and oxygen atoms in total. The highest BCUT2D eigenvalue weighted by Crippen LogP contribution is 2.43. The van der Waals surface area contributed by atoms with E-state index in [9.17, 15) is 27.6 Å². The van der Waals surface area contributed by atoms with Gasteiger partial charge in [-0.25, -0.2) is 4.98 Å². The van der Waals surface area contributed by atoms with E-state index < -0.39 is 24.4 Å². The maximum absolute atomic E-state index is 13.2. The van der Waals surface area contributed by atoms with Crippen molar-refractivity contribution in [3.8, 4) is 5.88 Å². The molecule has 1 aromatic carbocycles. The number of nitrogens with one attached hydrogen (secondary N) is 1. The van der Waals surface area contributed by atoms with Crippen LogP contribution < -0.4 is 15.0 Å². The Hall–Kier alpha value is -3.63. The Bertz CT molecular complexity index is 1090. The third kappa shape index (κ3) is 4.48. The van der Waals surface area contributed by atoms with Gasteiger partial charge in [0.15, 0.2) is 6.61 Å². The van der Waals surface area contributed by atoms with Gasteiger partial charge in [0.1, 0.15) is 5.66 Å². The van der Waals surface area contributed by atoms with E-state index in [0.29, 0.717) is 24.1 Å². The molecule has 2 aromatic rings. The molecule has 2 aliphatic rings. The lowest BCUT2D eigenvalue weighted by molar-refractivity contribution is -0.154. The van der Waals surface area contributed by atoms with Crippen LogP contribution in [-0.2, 0) is 9.59 Å². The Morgan fingerprint density at radius 1 is 1.21 bits per heavy atom. The van der Waals surface area contributed by atoms with Gasteiger partial charge in [0.05, 0.1) is 23.1 Å². The summed E-state index contributed by atoms with van der Waals surface area (Å²) in [5.74, 6) is -0.959. The van der Waals surface area contributed by atoms with Gasteiger partial charge in [0, 0.05) is 25.5 Å². The van der Waals surface area contributed by atoms with Gasteiger partial charge < -0.3 is 15.0 Å². The van der Waals surface area contributed by atoms with Crippen LogP contribution in [0.15, 0.2) is 42.6 Å². The molecule has 0 aliphatic carbocycles. The first-order chi connectivity index (χ1) is 15.6. The fourth-order valence-electron chi connectivity index (χ4n) is 4.17. The number of hydrogen-bond donors (Lipinski definition) is 1. The molecule has 1 fully saturated rings. The summed E-state index contributed by atoms with van der Waals surface area (Å²) in [4.78, 5) is 45.1. The Labute approximate surface area is 187 Å². The van der Waals surface area contributed by atoms with Crippen molar-refractivity contribution in [1.29, 1.82) is 0 Å². The van der Waals surface area contributed by atoms with Crippen molar-refractivity contribution in [3.05, 3.63) is 48.2 Å². The highest BCUT2D eigenvalue weighted by molar-refractivity contribution is 6.10. The lowest BCUT2D eigenvalue weighted by Gasteiger charge is -2.48. The zero-order valence-electron chi connectivity index (χ0n) is 17.7. The molecule has 3 amide bonds. The number of pyridine rings is 1. The minimum absolute atomic E-state index is 0.0438. The number of amides is 3. The molecule has 11 heteroatoms. The van der Waals surface area contributed by atoms with E-state index in [2.05, 4.69) is 15.0 Å². The summed E-state index contributed by atoms with van der Waals surface area (Å²) in [5.41, 5.74) is 0.400. The highest BCUT2D eigenvalue weighted by atomic mass is 19.4. The summed E-state index contributed by atoms with van der Waals surface area (Å²) < 4.78 is 41.2. The van der Waals surface area contributed by atoms with Crippen molar-refractivity contribution in [2.75, 3.05) is 23.4 Å². The topological polar surface area (TPSA) is 91.8 Å². The molecule has 0 radical (unpaired) electrons. The summed E-state index contributed by atoms with van der Waals surface area (Å²) in [6.45, 7) is 0.434. The van der Waals surface area contributed by atoms with Crippen molar-refractivity contribution in [3.63, 3.8) is 0 Å². The van der Waals surface area contributed by atoms with Crippen LogP contribution in [0.25, 0.3) is 0 Å². The van der Waals surface area contributed by atoms with E-state index in [1.165, 1.54) is 18.3 Å². The maximum Gasteiger partial charge on any atom is 0.422 e. The predicted molar refractivity (Wildman–Crippen MR) is 112 cm³/mol. The SMILES string of the molecule is CC12CCC(=O)N1c1ccccc1C(=O)N2CCC(=O)Nc1ccc(OCC(F)(F)F)nc1. The number of carbonyl (C=O) groups excluding carboxylic acids is 3. The molecular weight excluding hydrogens is 441 g/mol. The van der Waals surface area contributed by atoms with Crippen LogP contribution >= 0.6 is 0 Å². The number of rotatable bonds is 6. The van der Waals surface area contributed by atoms with Crippen LogP contribution in [0.5, 0.6) is 5.88 Å². The standard InChI is InChI=1S/C22H21F3N4O4/c1-21-10-8-19(31)29(21)16-5-3-2-4-15(16)20(32)28(21)11-9-17(30)27-14-6-7-18(26-12-14)33-13-22(23,24)25/h2-7,12H,8-11,13H2,1H3,(H,27,30). The maximum atomic E-state index is 13.2. The largest absolute Gasteiger partial charge is 0.468 e. The summed E-state index contributed by atoms with van der Waals surface area (Å²) in [5, 5.41) is 2.60. The lowest BCUT2D eigenvalue weighted by Crippen LogP contribution is -2.62. The van der Waals surface area contributed by atoms with Crippen LogP contribution in [0, 0.1) is 0 Å². The van der Waals surface area contributed by atoms with Gasteiger partial charge >= 0.3 is 6.18 Å². The van der Waals surface area contributed by atoms with Gasteiger partial charge in [0.25, 0.3) is 5.91 Å². The molecule has 2 aliphatic heterocycles. The summed E-state index contributed by atoms with van der Waals surface area (Å²) in [6, 6.07) is 9.49. The van der Waals surface area contributed by atoms with Crippen LogP contribution in [-0.4, -0.2) is 52.6 Å². The van der Waals surface area contributed by atoms with E-state index in [0.717, 1.165) is 0 Å². The molecule has 1 aromatic heterocycles. The lowest BCUT2D eigenvalue weighted by atomic mass is 9.98. The minimum atomic E-state index is -4.48. The smallest absolute Gasteiger partial charge is 0.422 e. The van der Waals surface area contributed by atoms with E-state index in [4.69, 9.17) is 0 Å². The number of ether oxygens (including phenoxy) is 1. The molecule has 1 saturated heterocycles. The van der Waals surface area contributed by atoms with Gasteiger partial charge in [-0.2, -0.15) is 13.2 Å². The van der Waals surface area contributed by atoms with E-state index >= 15 is 0 Å². The van der Waals surface area contributed by atoms with Gasteiger partial charge in [-0.1, -0.05) is 12.1 Å². The molecule has 33 heavy (non-hydrogen) atoms. The number of benzene rings is 1. The number of hydrogen-bond acceptors (Lipinski definition) is 5. The first kappa shape index (κ1) is 22.6. The third-order valence-corrected chi connectivity index (χ3v) is 5.71. The van der Waals surface area contributed by atoms with Crippen molar-refractivity contribution in [2.45, 2.75) is 38.0 Å². The van der Waals surface area contributed by atoms with Crippen molar-refractivity contribution < 1.29 is 32.3 Å². The molecule has 0 saturated carbocycles. The molecule has 1 unspecified atom stereocenters. The Morgan fingerprint density at radius 3 is 2.67 bits per heavy atom. The molecule has 174 valence electrons. The fourth-order valence-corrected chi connectivity index (χ4v) is 4.17. The zero-order chi connectivity index (χ0) is 23.8. The quantitative estimate of drug-likeness (QED) is 0.711. The Balaban J connectivity index is 1.41. The van der Waals surface area contributed by atoms with E-state index in [1.54, 1.807) is 34.1 Å². The normalized spacial score (nSPS) is 19.9. The van der Waals surface area contributed by atoms with Crippen molar-refractivity contribution in [1.82, 2.24) is 9.88 Å². The van der Waals surface area contributed by atoms with E-state index in [-0.39, 0.29) is 36.3 Å². The van der Waals surface area contributed by atoms with Crippen LogP contribution in [0.3, 0.4) is 0 Å². The molecule has 1 atom stereocenters. The number of para-hydroxylation sites is 1. The second-order valence-corrected chi connectivity index (χ2v) is 8.01. The van der Waals surface area contributed by atoms with Crippen molar-refractivity contribution in [2.24, 2.45) is 0 Å². The van der Waals surface area contributed by atoms with Crippen LogP contribution in [0.1, 0.15) is 36.5 Å². The third-order valence-electron chi connectivity index (χ3n) is 5.71. The second-order valence-electron chi connectivity index (χ2n) is 8.01. The summed E-state index contributed by atoms with van der Waals surface area (Å²) >= 11 is 0. The predicted octanol–water partition coefficient (Wildman–Crippen LogP) is 3.35. The van der Waals surface area contributed by atoms with Gasteiger partial charge in [-0.15, -0.1) is 0 Å². The number of alkyl halides is 3. The molecule has 4 rings (SSSR count). The Kier molecular flexibility index (Phi) is 5.73. The molecular formula is C22H21F3N4O4. The first-order valence-electron chi connectivity index (χ1n) is 10.3. The highest BCUT2D eigenvalue weighted by Gasteiger charge is 2.52. The number of carbonyl (C=O) groups is 3. The van der Waals surface area contributed by atoms with Crippen LogP contribution in [0.4, 0.5) is 24.5 Å². The minimum Gasteiger partial charge on any atom is -0.468 e. The molecule has 0 spiro atoms. The molecule has 0 bridgehead atoms. The molecule has 1 N–H and O–H groups in total. The monoisotopic (exact) mass is 462 g/mol. The van der Waals surface area contributed by atoms with E-state index in [1.807, 2.05) is 6.92 Å². The second kappa shape index (κ2) is 8.38. The number of anilines is 2. The van der Waals surface area contributed by atoms with Gasteiger partial charge in [-0.3, -0.25) is 19.3 Å². The number of aromatic nitrogens is 1. The van der Waals surface area contributed by atoms with Crippen molar-refractivity contribution >= 4 is 29.1 Å². The number of fused-ring (bicyclic) bond motifs is 3. The van der Waals surface area contributed by atoms with Gasteiger partial charge in [-0.05, 0) is 31.5 Å². The van der Waals surface area contributed by atoms with Crippen LogP contribution in [0.2, 0.25) is 0 Å². The number of halogens is 3. The fraction of sp³-hybridized carbons (Fsp3) is 0.364. The first-order valence-corrected chi connectivity index (χ1v) is 10.3. The summed E-state index contributed by atoms with van der Waals surface area (Å²) in [7, 11) is 0. The average Bonchev–Trinajstić information content (AvgIpc) is 3.07. The number of nitrogens with zero attached hydrogens (tertiary/aromatic N) is 3. The molecule has 3 heterocycles.